The number of halogens is 2. The number of amides is 2. The number of benzene rings is 1. The molecule has 2 aliphatic rings. The Hall–Kier alpha value is -3.43. The van der Waals surface area contributed by atoms with Crippen molar-refractivity contribution < 1.29 is 23.5 Å². The maximum absolute atomic E-state index is 13.9. The van der Waals surface area contributed by atoms with Crippen LogP contribution in [0.1, 0.15) is 53.1 Å². The lowest BCUT2D eigenvalue weighted by Crippen LogP contribution is -2.64. The minimum absolute atomic E-state index is 0.0425. The summed E-state index contributed by atoms with van der Waals surface area (Å²) >= 11 is 0. The minimum Gasteiger partial charge on any atom is -0.502 e. The summed E-state index contributed by atoms with van der Waals surface area (Å²) < 4.78 is 28.3. The van der Waals surface area contributed by atoms with Crippen molar-refractivity contribution in [3.63, 3.8) is 0 Å². The average molecular weight is 446 g/mol. The van der Waals surface area contributed by atoms with Gasteiger partial charge in [-0.25, -0.2) is 8.78 Å². The number of hydrogen-bond donors (Lipinski definition) is 2. The molecule has 8 nitrogen and oxygen atoms in total. The van der Waals surface area contributed by atoms with E-state index < -0.39 is 34.6 Å². The Morgan fingerprint density at radius 2 is 2.03 bits per heavy atom. The first-order valence-corrected chi connectivity index (χ1v) is 10.5. The second-order valence-corrected chi connectivity index (χ2v) is 8.20. The summed E-state index contributed by atoms with van der Waals surface area (Å²) in [5, 5.41) is 14.9. The largest absolute Gasteiger partial charge is 0.502 e. The Labute approximate surface area is 183 Å². The smallest absolute Gasteiger partial charge is 0.278 e. The molecule has 2 aromatic rings. The molecule has 0 radical (unpaired) electrons. The van der Waals surface area contributed by atoms with E-state index in [1.165, 1.54) is 16.9 Å². The van der Waals surface area contributed by atoms with Gasteiger partial charge >= 0.3 is 0 Å². The van der Waals surface area contributed by atoms with Crippen LogP contribution in [0.4, 0.5) is 8.78 Å². The molecule has 2 aliphatic heterocycles. The van der Waals surface area contributed by atoms with E-state index in [1.807, 2.05) is 11.9 Å². The van der Waals surface area contributed by atoms with E-state index in [2.05, 4.69) is 12.2 Å². The number of fused-ring (bicyclic) bond motifs is 3. The van der Waals surface area contributed by atoms with Gasteiger partial charge in [-0.1, -0.05) is 13.0 Å². The monoisotopic (exact) mass is 446 g/mol. The molecule has 2 N–H and O–H groups in total. The zero-order valence-corrected chi connectivity index (χ0v) is 17.8. The molecule has 0 saturated carbocycles. The normalized spacial score (nSPS) is 20.1. The summed E-state index contributed by atoms with van der Waals surface area (Å²) in [5.41, 5.74) is -1.49. The molecule has 2 atom stereocenters. The second kappa shape index (κ2) is 8.25. The Bertz CT molecular complexity index is 1150. The topological polar surface area (TPSA) is 94.9 Å². The first-order chi connectivity index (χ1) is 15.2. The maximum atomic E-state index is 13.9. The van der Waals surface area contributed by atoms with Gasteiger partial charge in [0.05, 0.1) is 0 Å². The van der Waals surface area contributed by atoms with E-state index in [0.29, 0.717) is 25.1 Å². The Morgan fingerprint density at radius 1 is 1.28 bits per heavy atom. The number of rotatable bonds is 4. The van der Waals surface area contributed by atoms with Crippen molar-refractivity contribution in [2.75, 3.05) is 18.1 Å². The van der Waals surface area contributed by atoms with Crippen LogP contribution in [0, 0.1) is 17.6 Å². The summed E-state index contributed by atoms with van der Waals surface area (Å²) in [5.74, 6) is -3.29. The van der Waals surface area contributed by atoms with Gasteiger partial charge in [-0.2, -0.15) is 0 Å². The Morgan fingerprint density at radius 3 is 2.72 bits per heavy atom. The van der Waals surface area contributed by atoms with E-state index in [0.717, 1.165) is 18.9 Å². The molecule has 0 spiro atoms. The lowest BCUT2D eigenvalue weighted by atomic mass is 9.95. The number of aromatic hydroxyl groups is 1. The summed E-state index contributed by atoms with van der Waals surface area (Å²) in [4.78, 5) is 40.1. The molecule has 170 valence electrons. The lowest BCUT2D eigenvalue weighted by Gasteiger charge is -2.50. The first kappa shape index (κ1) is 21.8. The third-order valence-corrected chi connectivity index (χ3v) is 6.11. The summed E-state index contributed by atoms with van der Waals surface area (Å²) in [6.45, 7) is 4.63. The third kappa shape index (κ3) is 3.59. The van der Waals surface area contributed by atoms with Gasteiger partial charge in [-0.05, 0) is 31.7 Å². The summed E-state index contributed by atoms with van der Waals surface area (Å²) in [6, 6.07) is 2.95. The fourth-order valence-corrected chi connectivity index (χ4v) is 4.35. The SMILES string of the molecule is CCN1C(=O)c2c(O)c(=O)c(C(=O)NCc3ccc(F)cc3F)cn2N2CC[C@@H](C)C[C@@H]12. The van der Waals surface area contributed by atoms with Crippen LogP contribution in [0.2, 0.25) is 0 Å². The number of nitrogens with one attached hydrogen (secondary N) is 1. The fraction of sp³-hybridized carbons (Fsp3) is 0.409. The minimum atomic E-state index is -0.985. The molecule has 10 heteroatoms. The molecule has 1 aromatic heterocycles. The first-order valence-electron chi connectivity index (χ1n) is 10.5. The Balaban J connectivity index is 1.69. The number of pyridine rings is 1. The fourth-order valence-electron chi connectivity index (χ4n) is 4.35. The highest BCUT2D eigenvalue weighted by Crippen LogP contribution is 2.31. The second-order valence-electron chi connectivity index (χ2n) is 8.20. The number of carbonyl (C=O) groups is 2. The summed E-state index contributed by atoms with van der Waals surface area (Å²) in [7, 11) is 0. The van der Waals surface area contributed by atoms with Crippen LogP contribution in [-0.2, 0) is 6.54 Å². The number of piperidine rings is 1. The lowest BCUT2D eigenvalue weighted by molar-refractivity contribution is 0.0496. The van der Waals surface area contributed by atoms with Crippen molar-refractivity contribution in [2.45, 2.75) is 39.4 Å². The Kier molecular flexibility index (Phi) is 5.62. The predicted octanol–water partition coefficient (Wildman–Crippen LogP) is 1.93. The van der Waals surface area contributed by atoms with Crippen molar-refractivity contribution in [3.05, 3.63) is 63.1 Å². The van der Waals surface area contributed by atoms with Crippen LogP contribution < -0.4 is 15.8 Å². The van der Waals surface area contributed by atoms with Crippen molar-refractivity contribution in [1.29, 1.82) is 0 Å². The maximum Gasteiger partial charge on any atom is 0.278 e. The van der Waals surface area contributed by atoms with E-state index >= 15 is 0 Å². The molecule has 1 fully saturated rings. The van der Waals surface area contributed by atoms with E-state index in [4.69, 9.17) is 0 Å². The molecular weight excluding hydrogens is 422 g/mol. The van der Waals surface area contributed by atoms with Crippen molar-refractivity contribution in [3.8, 4) is 5.75 Å². The van der Waals surface area contributed by atoms with Gasteiger partial charge in [0.15, 0.2) is 11.4 Å². The van der Waals surface area contributed by atoms with Gasteiger partial charge in [-0.3, -0.25) is 24.1 Å². The molecule has 0 aliphatic carbocycles. The third-order valence-electron chi connectivity index (χ3n) is 6.11. The molecular formula is C22H24F2N4O4. The van der Waals surface area contributed by atoms with Crippen LogP contribution >= 0.6 is 0 Å². The van der Waals surface area contributed by atoms with Crippen molar-refractivity contribution in [2.24, 2.45) is 5.92 Å². The van der Waals surface area contributed by atoms with E-state index in [9.17, 15) is 28.3 Å². The molecule has 0 bridgehead atoms. The van der Waals surface area contributed by atoms with Gasteiger partial charge in [0.2, 0.25) is 5.43 Å². The average Bonchev–Trinajstić information content (AvgIpc) is 2.75. The summed E-state index contributed by atoms with van der Waals surface area (Å²) in [6.07, 6.45) is 2.56. The van der Waals surface area contributed by atoms with Crippen molar-refractivity contribution in [1.82, 2.24) is 14.9 Å². The molecule has 4 rings (SSSR count). The van der Waals surface area contributed by atoms with Gasteiger partial charge in [0.1, 0.15) is 23.4 Å². The van der Waals surface area contributed by atoms with Gasteiger partial charge in [-0.15, -0.1) is 0 Å². The number of carbonyl (C=O) groups excluding carboxylic acids is 2. The highest BCUT2D eigenvalue weighted by atomic mass is 19.1. The van der Waals surface area contributed by atoms with E-state index in [-0.39, 0.29) is 29.5 Å². The van der Waals surface area contributed by atoms with Crippen LogP contribution in [0.5, 0.6) is 5.75 Å². The van der Waals surface area contributed by atoms with Crippen molar-refractivity contribution >= 4 is 11.8 Å². The van der Waals surface area contributed by atoms with Crippen LogP contribution in [0.25, 0.3) is 0 Å². The highest BCUT2D eigenvalue weighted by molar-refractivity contribution is 5.99. The highest BCUT2D eigenvalue weighted by Gasteiger charge is 2.42. The molecule has 0 unspecified atom stereocenters. The predicted molar refractivity (Wildman–Crippen MR) is 112 cm³/mol. The molecule has 3 heterocycles. The van der Waals surface area contributed by atoms with Crippen LogP contribution in [0.15, 0.2) is 29.2 Å². The zero-order valence-electron chi connectivity index (χ0n) is 17.8. The molecule has 1 aromatic carbocycles. The molecule has 32 heavy (non-hydrogen) atoms. The quantitative estimate of drug-likeness (QED) is 0.749. The van der Waals surface area contributed by atoms with Gasteiger partial charge in [0.25, 0.3) is 11.8 Å². The van der Waals surface area contributed by atoms with Crippen LogP contribution in [0.3, 0.4) is 0 Å². The van der Waals surface area contributed by atoms with Crippen LogP contribution in [-0.4, -0.2) is 45.8 Å². The van der Waals surface area contributed by atoms with E-state index in [1.54, 1.807) is 4.90 Å². The number of hydrogen-bond acceptors (Lipinski definition) is 5. The molecule has 2 amide bonds. The van der Waals surface area contributed by atoms with Gasteiger partial charge in [0, 0.05) is 37.5 Å². The number of aromatic nitrogens is 1. The van der Waals surface area contributed by atoms with Gasteiger partial charge < -0.3 is 15.3 Å². The molecule has 1 saturated heterocycles. The zero-order chi connectivity index (χ0) is 23.2. The standard InChI is InChI=1S/C22H24F2N4O4/c1-3-26-17-8-12(2)6-7-27(17)28-11-15(19(29)20(30)18(28)22(26)32)21(31)25-10-13-4-5-14(23)9-16(13)24/h4-5,9,11-12,17,30H,3,6-8,10H2,1-2H3,(H,25,31)/t12-,17+/m1/s1. The number of nitrogens with zero attached hydrogens (tertiary/aromatic N) is 3.